The van der Waals surface area contributed by atoms with Crippen LogP contribution in [0.15, 0.2) is 91.0 Å². The summed E-state index contributed by atoms with van der Waals surface area (Å²) < 4.78 is 5.87. The molecular formula is C31H28N2O4. The second-order valence-corrected chi connectivity index (χ2v) is 9.38. The summed E-state index contributed by atoms with van der Waals surface area (Å²) >= 11 is 0. The van der Waals surface area contributed by atoms with Gasteiger partial charge >= 0.3 is 0 Å². The van der Waals surface area contributed by atoms with Crippen LogP contribution >= 0.6 is 0 Å². The third-order valence-electron chi connectivity index (χ3n) is 6.51. The van der Waals surface area contributed by atoms with Gasteiger partial charge in [-0.3, -0.25) is 19.3 Å². The lowest BCUT2D eigenvalue weighted by Gasteiger charge is -2.29. The molecule has 4 aromatic rings. The van der Waals surface area contributed by atoms with Gasteiger partial charge in [0.25, 0.3) is 11.8 Å². The summed E-state index contributed by atoms with van der Waals surface area (Å²) in [5, 5.41) is 1.59. The Bertz CT molecular complexity index is 1410. The van der Waals surface area contributed by atoms with Crippen LogP contribution in [0.5, 0.6) is 11.5 Å². The van der Waals surface area contributed by atoms with Crippen molar-refractivity contribution in [3.8, 4) is 11.5 Å². The van der Waals surface area contributed by atoms with Gasteiger partial charge in [-0.25, -0.2) is 0 Å². The number of rotatable bonds is 8. The second kappa shape index (κ2) is 10.3. The molecule has 4 aromatic carbocycles. The third-order valence-corrected chi connectivity index (χ3v) is 6.51. The summed E-state index contributed by atoms with van der Waals surface area (Å²) in [6.45, 7) is 4.31. The zero-order valence-corrected chi connectivity index (χ0v) is 20.9. The van der Waals surface area contributed by atoms with E-state index in [-0.39, 0.29) is 30.2 Å². The first-order valence-corrected chi connectivity index (χ1v) is 12.5. The fraction of sp³-hybridized carbons (Fsp3) is 0.194. The minimum atomic E-state index is -0.293. The fourth-order valence-corrected chi connectivity index (χ4v) is 4.67. The zero-order chi connectivity index (χ0) is 25.9. The van der Waals surface area contributed by atoms with Gasteiger partial charge in [0.1, 0.15) is 11.5 Å². The molecule has 0 fully saturated rings. The molecule has 0 saturated heterocycles. The number of carbonyl (C=O) groups is 3. The predicted molar refractivity (Wildman–Crippen MR) is 144 cm³/mol. The van der Waals surface area contributed by atoms with E-state index in [1.807, 2.05) is 92.7 Å². The summed E-state index contributed by atoms with van der Waals surface area (Å²) in [5.41, 5.74) is 1.82. The number of nitrogens with zero attached hydrogens (tertiary/aromatic N) is 2. The molecule has 1 heterocycles. The van der Waals surface area contributed by atoms with Gasteiger partial charge < -0.3 is 9.64 Å². The molecule has 0 unspecified atom stereocenters. The van der Waals surface area contributed by atoms with Crippen molar-refractivity contribution < 1.29 is 19.1 Å². The monoisotopic (exact) mass is 492 g/mol. The minimum absolute atomic E-state index is 0.0249. The lowest BCUT2D eigenvalue weighted by Crippen LogP contribution is -2.42. The van der Waals surface area contributed by atoms with Crippen LogP contribution in [0.4, 0.5) is 5.69 Å². The molecule has 186 valence electrons. The van der Waals surface area contributed by atoms with Crippen molar-refractivity contribution in [1.29, 1.82) is 0 Å². The van der Waals surface area contributed by atoms with E-state index in [2.05, 4.69) is 0 Å². The number of benzene rings is 4. The van der Waals surface area contributed by atoms with E-state index in [0.29, 0.717) is 35.2 Å². The molecule has 0 aromatic heterocycles. The first-order chi connectivity index (χ1) is 17.9. The van der Waals surface area contributed by atoms with Crippen molar-refractivity contribution in [2.45, 2.75) is 20.3 Å². The van der Waals surface area contributed by atoms with E-state index in [1.54, 1.807) is 17.0 Å². The summed E-state index contributed by atoms with van der Waals surface area (Å²) in [4.78, 5) is 42.5. The Kier molecular flexibility index (Phi) is 6.73. The SMILES string of the molecule is CC(C)C(=O)N(CCCN1C(=O)c2cccc3cccc(c23)C1=O)c1ccc(Oc2ccccc2)cc1. The smallest absolute Gasteiger partial charge is 0.261 e. The number of hydrogen-bond donors (Lipinski definition) is 0. The molecule has 5 rings (SSSR count). The van der Waals surface area contributed by atoms with Gasteiger partial charge in [-0.2, -0.15) is 0 Å². The Morgan fingerprint density at radius 1 is 0.784 bits per heavy atom. The van der Waals surface area contributed by atoms with Crippen LogP contribution in [-0.2, 0) is 4.79 Å². The molecule has 0 aliphatic carbocycles. The van der Waals surface area contributed by atoms with Crippen molar-refractivity contribution in [3.63, 3.8) is 0 Å². The van der Waals surface area contributed by atoms with Crippen molar-refractivity contribution in [3.05, 3.63) is 102 Å². The summed E-state index contributed by atoms with van der Waals surface area (Å²) in [5.74, 6) is 0.589. The lowest BCUT2D eigenvalue weighted by molar-refractivity contribution is -0.121. The Balaban J connectivity index is 1.31. The number of anilines is 1. The molecule has 0 radical (unpaired) electrons. The lowest BCUT2D eigenvalue weighted by atomic mass is 9.94. The molecule has 0 bridgehead atoms. The van der Waals surface area contributed by atoms with Gasteiger partial charge in [0.05, 0.1) is 0 Å². The average Bonchev–Trinajstić information content (AvgIpc) is 2.92. The first-order valence-electron chi connectivity index (χ1n) is 12.5. The van der Waals surface area contributed by atoms with Crippen molar-refractivity contribution in [2.24, 2.45) is 5.92 Å². The highest BCUT2D eigenvalue weighted by atomic mass is 16.5. The van der Waals surface area contributed by atoms with Gasteiger partial charge in [0, 0.05) is 41.2 Å². The molecule has 0 spiro atoms. The van der Waals surface area contributed by atoms with Crippen molar-refractivity contribution >= 4 is 34.2 Å². The molecule has 37 heavy (non-hydrogen) atoms. The topological polar surface area (TPSA) is 66.9 Å². The maximum atomic E-state index is 13.2. The zero-order valence-electron chi connectivity index (χ0n) is 20.9. The van der Waals surface area contributed by atoms with Crippen LogP contribution in [0.25, 0.3) is 10.8 Å². The van der Waals surface area contributed by atoms with Gasteiger partial charge in [-0.05, 0) is 60.3 Å². The van der Waals surface area contributed by atoms with E-state index in [0.717, 1.165) is 16.8 Å². The molecule has 6 nitrogen and oxygen atoms in total. The van der Waals surface area contributed by atoms with Crippen LogP contribution in [0.3, 0.4) is 0 Å². The van der Waals surface area contributed by atoms with Gasteiger partial charge in [-0.15, -0.1) is 0 Å². The molecule has 6 heteroatoms. The molecular weight excluding hydrogens is 464 g/mol. The van der Waals surface area contributed by atoms with Gasteiger partial charge in [-0.1, -0.05) is 56.3 Å². The van der Waals surface area contributed by atoms with Crippen LogP contribution in [0, 0.1) is 5.92 Å². The maximum absolute atomic E-state index is 13.2. The van der Waals surface area contributed by atoms with E-state index in [9.17, 15) is 14.4 Å². The van der Waals surface area contributed by atoms with Crippen LogP contribution < -0.4 is 9.64 Å². The number of carbonyl (C=O) groups excluding carboxylic acids is 3. The molecule has 0 saturated carbocycles. The Labute approximate surface area is 216 Å². The third kappa shape index (κ3) is 4.83. The number of para-hydroxylation sites is 1. The Morgan fingerprint density at radius 3 is 1.97 bits per heavy atom. The van der Waals surface area contributed by atoms with Crippen LogP contribution in [-0.4, -0.2) is 35.7 Å². The normalized spacial score (nSPS) is 12.8. The largest absolute Gasteiger partial charge is 0.457 e. The van der Waals surface area contributed by atoms with Gasteiger partial charge in [0.2, 0.25) is 5.91 Å². The van der Waals surface area contributed by atoms with E-state index in [1.165, 1.54) is 4.90 Å². The minimum Gasteiger partial charge on any atom is -0.457 e. The number of hydrogen-bond acceptors (Lipinski definition) is 4. The van der Waals surface area contributed by atoms with Crippen molar-refractivity contribution in [2.75, 3.05) is 18.0 Å². The Hall–Kier alpha value is -4.45. The van der Waals surface area contributed by atoms with Crippen LogP contribution in [0.2, 0.25) is 0 Å². The molecule has 0 atom stereocenters. The average molecular weight is 493 g/mol. The maximum Gasteiger partial charge on any atom is 0.261 e. The number of imide groups is 1. The second-order valence-electron chi connectivity index (χ2n) is 9.38. The van der Waals surface area contributed by atoms with Gasteiger partial charge in [0.15, 0.2) is 0 Å². The van der Waals surface area contributed by atoms with E-state index in [4.69, 9.17) is 4.74 Å². The summed E-state index contributed by atoms with van der Waals surface area (Å²) in [6, 6.07) is 27.9. The standard InChI is InChI=1S/C31H28N2O4/c1-21(2)29(34)32(23-15-17-25(18-16-23)37-24-11-4-3-5-12-24)19-8-20-33-30(35)26-13-6-9-22-10-7-14-27(28(22)26)31(33)36/h3-7,9-18,21H,8,19-20H2,1-2H3. The number of amides is 3. The highest BCUT2D eigenvalue weighted by molar-refractivity contribution is 6.25. The predicted octanol–water partition coefficient (Wildman–Crippen LogP) is 6.31. The summed E-state index contributed by atoms with van der Waals surface area (Å²) in [7, 11) is 0. The highest BCUT2D eigenvalue weighted by Crippen LogP contribution is 2.30. The first kappa shape index (κ1) is 24.3. The number of ether oxygens (including phenoxy) is 1. The quantitative estimate of drug-likeness (QED) is 0.271. The van der Waals surface area contributed by atoms with E-state index < -0.39 is 0 Å². The van der Waals surface area contributed by atoms with Crippen molar-refractivity contribution in [1.82, 2.24) is 4.90 Å². The van der Waals surface area contributed by atoms with E-state index >= 15 is 0 Å². The highest BCUT2D eigenvalue weighted by Gasteiger charge is 2.32. The fourth-order valence-electron chi connectivity index (χ4n) is 4.67. The molecule has 1 aliphatic heterocycles. The molecule has 0 N–H and O–H groups in total. The Morgan fingerprint density at radius 2 is 1.38 bits per heavy atom. The van der Waals surface area contributed by atoms with Crippen LogP contribution in [0.1, 0.15) is 41.0 Å². The summed E-state index contributed by atoms with van der Waals surface area (Å²) in [6.07, 6.45) is 0.455. The molecule has 3 amide bonds. The molecule has 1 aliphatic rings.